The van der Waals surface area contributed by atoms with Gasteiger partial charge in [0.25, 0.3) is 0 Å². The summed E-state index contributed by atoms with van der Waals surface area (Å²) < 4.78 is 0. The van der Waals surface area contributed by atoms with Crippen LogP contribution in [0.1, 0.15) is 33.1 Å². The van der Waals surface area contributed by atoms with Gasteiger partial charge in [0.1, 0.15) is 6.04 Å². The molecule has 0 aromatic carbocycles. The van der Waals surface area contributed by atoms with Crippen LogP contribution in [0.4, 0.5) is 4.79 Å². The molecule has 1 rings (SSSR count). The molecular formula is C12H23N3O3. The molecule has 0 aromatic rings. The van der Waals surface area contributed by atoms with Crippen LogP contribution in [0.3, 0.4) is 0 Å². The molecule has 0 bridgehead atoms. The second-order valence-corrected chi connectivity index (χ2v) is 4.83. The first-order chi connectivity index (χ1) is 8.52. The Kier molecular flexibility index (Phi) is 5.91. The SMILES string of the molecule is CC[C@@H](NC(=O)NC(C)CN1CCCC1)C(=O)O. The van der Waals surface area contributed by atoms with E-state index in [-0.39, 0.29) is 6.04 Å². The molecule has 2 amide bonds. The number of carboxylic acids is 1. The Morgan fingerprint density at radius 1 is 1.28 bits per heavy atom. The van der Waals surface area contributed by atoms with Crippen molar-refractivity contribution in [2.75, 3.05) is 19.6 Å². The maximum absolute atomic E-state index is 11.6. The number of hydrogen-bond donors (Lipinski definition) is 3. The number of carbonyl (C=O) groups is 2. The van der Waals surface area contributed by atoms with Crippen LogP contribution < -0.4 is 10.6 Å². The average molecular weight is 257 g/mol. The van der Waals surface area contributed by atoms with Crippen molar-refractivity contribution in [3.05, 3.63) is 0 Å². The first-order valence-corrected chi connectivity index (χ1v) is 6.55. The third kappa shape index (κ3) is 4.91. The monoisotopic (exact) mass is 257 g/mol. The van der Waals surface area contributed by atoms with E-state index in [9.17, 15) is 9.59 Å². The van der Waals surface area contributed by atoms with Crippen molar-refractivity contribution in [2.24, 2.45) is 0 Å². The molecule has 1 saturated heterocycles. The molecule has 1 fully saturated rings. The number of urea groups is 1. The zero-order valence-electron chi connectivity index (χ0n) is 11.1. The summed E-state index contributed by atoms with van der Waals surface area (Å²) in [5, 5.41) is 14.1. The van der Waals surface area contributed by atoms with E-state index < -0.39 is 18.0 Å². The van der Waals surface area contributed by atoms with E-state index in [1.165, 1.54) is 12.8 Å². The van der Waals surface area contributed by atoms with Crippen LogP contribution in [0.5, 0.6) is 0 Å². The third-order valence-electron chi connectivity index (χ3n) is 3.12. The number of hydrogen-bond acceptors (Lipinski definition) is 3. The molecule has 1 aliphatic heterocycles. The van der Waals surface area contributed by atoms with E-state index in [1.54, 1.807) is 6.92 Å². The number of rotatable bonds is 6. The van der Waals surface area contributed by atoms with Gasteiger partial charge < -0.3 is 20.6 Å². The Labute approximate surface area is 108 Å². The van der Waals surface area contributed by atoms with Crippen molar-refractivity contribution < 1.29 is 14.7 Å². The van der Waals surface area contributed by atoms with E-state index in [1.807, 2.05) is 6.92 Å². The van der Waals surface area contributed by atoms with E-state index in [4.69, 9.17) is 5.11 Å². The van der Waals surface area contributed by atoms with E-state index >= 15 is 0 Å². The predicted molar refractivity (Wildman–Crippen MR) is 68.5 cm³/mol. The molecule has 104 valence electrons. The lowest BCUT2D eigenvalue weighted by atomic mass is 10.2. The van der Waals surface area contributed by atoms with Crippen molar-refractivity contribution in [3.63, 3.8) is 0 Å². The summed E-state index contributed by atoms with van der Waals surface area (Å²) in [5.74, 6) is -1.00. The van der Waals surface area contributed by atoms with E-state index in [2.05, 4.69) is 15.5 Å². The Bertz CT molecular complexity index is 290. The largest absolute Gasteiger partial charge is 0.480 e. The van der Waals surface area contributed by atoms with Gasteiger partial charge in [-0.05, 0) is 39.3 Å². The van der Waals surface area contributed by atoms with Crippen LogP contribution in [0, 0.1) is 0 Å². The molecule has 1 aliphatic rings. The lowest BCUT2D eigenvalue weighted by Gasteiger charge is -2.22. The molecular weight excluding hydrogens is 234 g/mol. The summed E-state index contributed by atoms with van der Waals surface area (Å²) in [4.78, 5) is 24.7. The second-order valence-electron chi connectivity index (χ2n) is 4.83. The summed E-state index contributed by atoms with van der Waals surface area (Å²) in [7, 11) is 0. The molecule has 2 atom stereocenters. The molecule has 0 saturated carbocycles. The van der Waals surface area contributed by atoms with Crippen LogP contribution in [-0.2, 0) is 4.79 Å². The molecule has 0 spiro atoms. The molecule has 3 N–H and O–H groups in total. The minimum Gasteiger partial charge on any atom is -0.480 e. The summed E-state index contributed by atoms with van der Waals surface area (Å²) >= 11 is 0. The van der Waals surface area contributed by atoms with Crippen molar-refractivity contribution in [1.29, 1.82) is 0 Å². The van der Waals surface area contributed by atoms with Gasteiger partial charge in [-0.1, -0.05) is 6.92 Å². The Morgan fingerprint density at radius 3 is 2.39 bits per heavy atom. The van der Waals surface area contributed by atoms with Gasteiger partial charge in [0, 0.05) is 12.6 Å². The Hall–Kier alpha value is -1.30. The molecule has 6 heteroatoms. The fourth-order valence-electron chi connectivity index (χ4n) is 2.16. The maximum atomic E-state index is 11.6. The summed E-state index contributed by atoms with van der Waals surface area (Å²) in [5.41, 5.74) is 0. The Balaban J connectivity index is 2.27. The molecule has 6 nitrogen and oxygen atoms in total. The fourth-order valence-corrected chi connectivity index (χ4v) is 2.16. The van der Waals surface area contributed by atoms with Crippen LogP contribution in [0.25, 0.3) is 0 Å². The quantitative estimate of drug-likeness (QED) is 0.652. The van der Waals surface area contributed by atoms with Crippen LogP contribution >= 0.6 is 0 Å². The van der Waals surface area contributed by atoms with Crippen LogP contribution in [-0.4, -0.2) is 53.7 Å². The van der Waals surface area contributed by atoms with Crippen molar-refractivity contribution in [1.82, 2.24) is 15.5 Å². The van der Waals surface area contributed by atoms with Gasteiger partial charge in [-0.2, -0.15) is 0 Å². The van der Waals surface area contributed by atoms with Crippen LogP contribution in [0.2, 0.25) is 0 Å². The van der Waals surface area contributed by atoms with Crippen molar-refractivity contribution in [3.8, 4) is 0 Å². The maximum Gasteiger partial charge on any atom is 0.326 e. The van der Waals surface area contributed by atoms with Crippen LogP contribution in [0.15, 0.2) is 0 Å². The van der Waals surface area contributed by atoms with Gasteiger partial charge in [-0.15, -0.1) is 0 Å². The lowest BCUT2D eigenvalue weighted by Crippen LogP contribution is -2.50. The minimum absolute atomic E-state index is 0.0226. The molecule has 1 unspecified atom stereocenters. The predicted octanol–water partition coefficient (Wildman–Crippen LogP) is 0.633. The highest BCUT2D eigenvalue weighted by Crippen LogP contribution is 2.07. The normalized spacial score (nSPS) is 19.2. The van der Waals surface area contributed by atoms with Gasteiger partial charge in [-0.25, -0.2) is 9.59 Å². The van der Waals surface area contributed by atoms with Crippen molar-refractivity contribution in [2.45, 2.75) is 45.2 Å². The van der Waals surface area contributed by atoms with Gasteiger partial charge in [0.05, 0.1) is 0 Å². The second kappa shape index (κ2) is 7.20. The number of amides is 2. The number of likely N-dealkylation sites (tertiary alicyclic amines) is 1. The highest BCUT2D eigenvalue weighted by molar-refractivity contribution is 5.82. The van der Waals surface area contributed by atoms with Gasteiger partial charge >= 0.3 is 12.0 Å². The highest BCUT2D eigenvalue weighted by atomic mass is 16.4. The first kappa shape index (κ1) is 14.8. The van der Waals surface area contributed by atoms with Gasteiger partial charge in [0.15, 0.2) is 0 Å². The molecule has 0 aliphatic carbocycles. The topological polar surface area (TPSA) is 81.7 Å². The standard InChI is InChI=1S/C12H23N3O3/c1-3-10(11(16)17)14-12(18)13-9(2)8-15-6-4-5-7-15/h9-10H,3-8H2,1-2H3,(H,16,17)(H2,13,14,18)/t9?,10-/m1/s1. The number of nitrogens with zero attached hydrogens (tertiary/aromatic N) is 1. The third-order valence-corrected chi connectivity index (χ3v) is 3.12. The summed E-state index contributed by atoms with van der Waals surface area (Å²) in [6.07, 6.45) is 2.81. The first-order valence-electron chi connectivity index (χ1n) is 6.55. The highest BCUT2D eigenvalue weighted by Gasteiger charge is 2.20. The molecule has 0 aromatic heterocycles. The summed E-state index contributed by atoms with van der Waals surface area (Å²) in [6.45, 7) is 6.64. The molecule has 0 radical (unpaired) electrons. The molecule has 1 heterocycles. The van der Waals surface area contributed by atoms with Gasteiger partial charge in [-0.3, -0.25) is 0 Å². The summed E-state index contributed by atoms with van der Waals surface area (Å²) in [6, 6.07) is -1.20. The minimum atomic E-state index is -1.00. The van der Waals surface area contributed by atoms with E-state index in [0.29, 0.717) is 6.42 Å². The number of aliphatic carboxylic acids is 1. The zero-order valence-corrected chi connectivity index (χ0v) is 11.1. The number of carbonyl (C=O) groups excluding carboxylic acids is 1. The number of nitrogens with one attached hydrogen (secondary N) is 2. The van der Waals surface area contributed by atoms with E-state index in [0.717, 1.165) is 19.6 Å². The number of carboxylic acid groups (broad SMARTS) is 1. The van der Waals surface area contributed by atoms with Crippen molar-refractivity contribution >= 4 is 12.0 Å². The smallest absolute Gasteiger partial charge is 0.326 e. The fraction of sp³-hybridized carbons (Fsp3) is 0.833. The zero-order chi connectivity index (χ0) is 13.5. The van der Waals surface area contributed by atoms with Gasteiger partial charge in [0.2, 0.25) is 0 Å². The molecule has 18 heavy (non-hydrogen) atoms. The average Bonchev–Trinajstić information content (AvgIpc) is 2.77. The lowest BCUT2D eigenvalue weighted by molar-refractivity contribution is -0.139. The Morgan fingerprint density at radius 2 is 1.89 bits per heavy atom.